The summed E-state index contributed by atoms with van der Waals surface area (Å²) in [6, 6.07) is 5.72. The van der Waals surface area contributed by atoms with E-state index >= 15 is 0 Å². The van der Waals surface area contributed by atoms with Crippen molar-refractivity contribution in [3.63, 3.8) is 0 Å². The molecule has 0 bridgehead atoms. The fourth-order valence-electron chi connectivity index (χ4n) is 1.80. The lowest BCUT2D eigenvalue weighted by Gasteiger charge is -2.09. The quantitative estimate of drug-likeness (QED) is 0.882. The van der Waals surface area contributed by atoms with E-state index in [0.717, 1.165) is 29.8 Å². The van der Waals surface area contributed by atoms with Gasteiger partial charge < -0.3 is 5.32 Å². The van der Waals surface area contributed by atoms with Crippen molar-refractivity contribution in [2.45, 2.75) is 19.8 Å². The zero-order chi connectivity index (χ0) is 12.5. The summed E-state index contributed by atoms with van der Waals surface area (Å²) in [5, 5.41) is 14.0. The highest BCUT2D eigenvalue weighted by molar-refractivity contribution is 5.94. The smallest absolute Gasteiger partial charge is 0.227 e. The third-order valence-corrected chi connectivity index (χ3v) is 3.02. The minimum absolute atomic E-state index is 0.0986. The summed E-state index contributed by atoms with van der Waals surface area (Å²) in [7, 11) is 0. The first-order chi connectivity index (χ1) is 8.74. The maximum absolute atomic E-state index is 11.7. The van der Waals surface area contributed by atoms with E-state index in [1.165, 1.54) is 6.33 Å². The van der Waals surface area contributed by atoms with Crippen LogP contribution in [0.2, 0.25) is 0 Å². The van der Waals surface area contributed by atoms with Gasteiger partial charge in [0.25, 0.3) is 0 Å². The number of aryl methyl sites for hydroxylation is 1. The van der Waals surface area contributed by atoms with Gasteiger partial charge in [-0.25, -0.2) is 4.68 Å². The molecular formula is C12H13N5O. The van der Waals surface area contributed by atoms with Crippen LogP contribution in [0, 0.1) is 12.8 Å². The molecule has 6 heteroatoms. The Balaban J connectivity index is 1.88. The second kappa shape index (κ2) is 4.21. The lowest BCUT2D eigenvalue weighted by molar-refractivity contribution is -0.117. The number of nitrogens with one attached hydrogen (secondary N) is 1. The molecule has 0 spiro atoms. The summed E-state index contributed by atoms with van der Waals surface area (Å²) in [4.78, 5) is 11.7. The Hall–Kier alpha value is -2.24. The third kappa shape index (κ3) is 2.09. The molecule has 1 aromatic carbocycles. The number of rotatable bonds is 3. The first-order valence-corrected chi connectivity index (χ1v) is 5.89. The Bertz CT molecular complexity index is 574. The molecule has 0 atom stereocenters. The van der Waals surface area contributed by atoms with Crippen molar-refractivity contribution < 1.29 is 4.79 Å². The molecule has 0 radical (unpaired) electrons. The minimum Gasteiger partial charge on any atom is -0.326 e. The predicted molar refractivity (Wildman–Crippen MR) is 65.2 cm³/mol. The van der Waals surface area contributed by atoms with Gasteiger partial charge in [0.1, 0.15) is 6.33 Å². The highest BCUT2D eigenvalue weighted by atomic mass is 16.2. The van der Waals surface area contributed by atoms with Gasteiger partial charge in [-0.05, 0) is 47.9 Å². The summed E-state index contributed by atoms with van der Waals surface area (Å²) in [5.41, 5.74) is 2.70. The fraction of sp³-hybridized carbons (Fsp3) is 0.333. The Morgan fingerprint density at radius 2 is 2.28 bits per heavy atom. The molecule has 1 N–H and O–H groups in total. The molecular weight excluding hydrogens is 230 g/mol. The van der Waals surface area contributed by atoms with Gasteiger partial charge in [0.2, 0.25) is 5.91 Å². The van der Waals surface area contributed by atoms with Crippen LogP contribution in [0.4, 0.5) is 5.69 Å². The van der Waals surface area contributed by atoms with Gasteiger partial charge >= 0.3 is 0 Å². The Kier molecular flexibility index (Phi) is 2.55. The summed E-state index contributed by atoms with van der Waals surface area (Å²) in [6.07, 6.45) is 3.53. The molecule has 1 aliphatic rings. The Morgan fingerprint density at radius 3 is 2.94 bits per heavy atom. The first-order valence-electron chi connectivity index (χ1n) is 5.89. The third-order valence-electron chi connectivity index (χ3n) is 3.02. The van der Waals surface area contributed by atoms with Crippen molar-refractivity contribution in [2.75, 3.05) is 5.32 Å². The zero-order valence-electron chi connectivity index (χ0n) is 10.00. The number of aromatic nitrogens is 4. The van der Waals surface area contributed by atoms with Crippen LogP contribution >= 0.6 is 0 Å². The summed E-state index contributed by atoms with van der Waals surface area (Å²) in [6.45, 7) is 1.98. The first kappa shape index (κ1) is 10.9. The molecule has 92 valence electrons. The van der Waals surface area contributed by atoms with Gasteiger partial charge in [0, 0.05) is 11.6 Å². The van der Waals surface area contributed by atoms with Crippen molar-refractivity contribution in [2.24, 2.45) is 5.92 Å². The van der Waals surface area contributed by atoms with E-state index in [2.05, 4.69) is 20.8 Å². The molecule has 1 amide bonds. The second-order valence-electron chi connectivity index (χ2n) is 4.52. The number of carbonyl (C=O) groups excluding carboxylic acids is 1. The summed E-state index contributed by atoms with van der Waals surface area (Å²) < 4.78 is 1.59. The van der Waals surface area contributed by atoms with E-state index in [9.17, 15) is 4.79 Å². The lowest BCUT2D eigenvalue weighted by atomic mass is 10.2. The lowest BCUT2D eigenvalue weighted by Crippen LogP contribution is -2.13. The Morgan fingerprint density at radius 1 is 1.44 bits per heavy atom. The molecule has 0 aliphatic heterocycles. The van der Waals surface area contributed by atoms with Crippen LogP contribution in [0.1, 0.15) is 18.4 Å². The van der Waals surface area contributed by atoms with Crippen LogP contribution in [0.5, 0.6) is 0 Å². The topological polar surface area (TPSA) is 72.7 Å². The largest absolute Gasteiger partial charge is 0.326 e. The molecule has 1 aliphatic carbocycles. The highest BCUT2D eigenvalue weighted by Crippen LogP contribution is 2.30. The van der Waals surface area contributed by atoms with E-state index < -0.39 is 0 Å². The number of hydrogen-bond donors (Lipinski definition) is 1. The van der Waals surface area contributed by atoms with Gasteiger partial charge in [-0.1, -0.05) is 6.07 Å². The van der Waals surface area contributed by atoms with E-state index in [1.54, 1.807) is 4.68 Å². The van der Waals surface area contributed by atoms with Crippen LogP contribution in [-0.4, -0.2) is 26.1 Å². The maximum Gasteiger partial charge on any atom is 0.227 e. The number of anilines is 1. The number of hydrogen-bond acceptors (Lipinski definition) is 4. The predicted octanol–water partition coefficient (Wildman–Crippen LogP) is 1.32. The Labute approximate surface area is 104 Å². The van der Waals surface area contributed by atoms with E-state index in [4.69, 9.17) is 0 Å². The molecule has 0 unspecified atom stereocenters. The normalized spacial score (nSPS) is 14.5. The monoisotopic (exact) mass is 243 g/mol. The fourth-order valence-corrected chi connectivity index (χ4v) is 1.80. The SMILES string of the molecule is Cc1ccc(NC(=O)C2CC2)cc1-n1cnnn1. The molecule has 3 rings (SSSR count). The standard InChI is InChI=1S/C12H13N5O/c1-8-2-5-10(14-12(18)9-3-4-9)6-11(8)17-7-13-15-16-17/h2,5-7,9H,3-4H2,1H3,(H,14,18). The summed E-state index contributed by atoms with van der Waals surface area (Å²) in [5.74, 6) is 0.296. The van der Waals surface area contributed by atoms with Crippen molar-refractivity contribution in [3.05, 3.63) is 30.1 Å². The van der Waals surface area contributed by atoms with Crippen molar-refractivity contribution >= 4 is 11.6 Å². The van der Waals surface area contributed by atoms with Gasteiger partial charge in [0.15, 0.2) is 0 Å². The van der Waals surface area contributed by atoms with Gasteiger partial charge in [-0.15, -0.1) is 5.10 Å². The molecule has 1 aromatic heterocycles. The van der Waals surface area contributed by atoms with E-state index in [-0.39, 0.29) is 11.8 Å². The number of benzene rings is 1. The van der Waals surface area contributed by atoms with E-state index in [1.807, 2.05) is 25.1 Å². The van der Waals surface area contributed by atoms with Gasteiger partial charge in [-0.3, -0.25) is 4.79 Å². The minimum atomic E-state index is 0.0986. The summed E-state index contributed by atoms with van der Waals surface area (Å²) >= 11 is 0. The highest BCUT2D eigenvalue weighted by Gasteiger charge is 2.29. The molecule has 1 heterocycles. The zero-order valence-corrected chi connectivity index (χ0v) is 10.00. The van der Waals surface area contributed by atoms with Gasteiger partial charge in [0.05, 0.1) is 5.69 Å². The second-order valence-corrected chi connectivity index (χ2v) is 4.52. The molecule has 1 saturated carbocycles. The van der Waals surface area contributed by atoms with Crippen LogP contribution in [-0.2, 0) is 4.79 Å². The van der Waals surface area contributed by atoms with Gasteiger partial charge in [-0.2, -0.15) is 0 Å². The molecule has 2 aromatic rings. The van der Waals surface area contributed by atoms with Crippen LogP contribution in [0.15, 0.2) is 24.5 Å². The molecule has 1 fully saturated rings. The van der Waals surface area contributed by atoms with Crippen molar-refractivity contribution in [1.29, 1.82) is 0 Å². The van der Waals surface area contributed by atoms with E-state index in [0.29, 0.717) is 0 Å². The van der Waals surface area contributed by atoms with Crippen LogP contribution in [0.3, 0.4) is 0 Å². The molecule has 6 nitrogen and oxygen atoms in total. The van der Waals surface area contributed by atoms with Crippen molar-refractivity contribution in [1.82, 2.24) is 20.2 Å². The van der Waals surface area contributed by atoms with Crippen LogP contribution < -0.4 is 5.32 Å². The molecule has 18 heavy (non-hydrogen) atoms. The van der Waals surface area contributed by atoms with Crippen LogP contribution in [0.25, 0.3) is 5.69 Å². The number of carbonyl (C=O) groups is 1. The number of tetrazole rings is 1. The average Bonchev–Trinajstić information content (AvgIpc) is 3.08. The maximum atomic E-state index is 11.7. The average molecular weight is 243 g/mol. The van der Waals surface area contributed by atoms with Crippen molar-refractivity contribution in [3.8, 4) is 5.69 Å². The molecule has 0 saturated heterocycles. The number of amides is 1. The number of nitrogens with zero attached hydrogens (tertiary/aromatic N) is 4.